The highest BCUT2D eigenvalue weighted by molar-refractivity contribution is 6.33. The Hall–Kier alpha value is -2.04. The van der Waals surface area contributed by atoms with Crippen LogP contribution in [0.1, 0.15) is 5.56 Å². The van der Waals surface area contributed by atoms with Crippen LogP contribution in [0, 0.1) is 0 Å². The van der Waals surface area contributed by atoms with Gasteiger partial charge in [-0.05, 0) is 29.7 Å². The molecule has 2 aromatic carbocycles. The Morgan fingerprint density at radius 2 is 1.95 bits per heavy atom. The van der Waals surface area contributed by atoms with Crippen molar-refractivity contribution in [3.63, 3.8) is 0 Å². The zero-order chi connectivity index (χ0) is 15.4. The molecule has 0 aliphatic heterocycles. The molecule has 0 spiro atoms. The van der Waals surface area contributed by atoms with Gasteiger partial charge in [0, 0.05) is 5.56 Å². The smallest absolute Gasteiger partial charge is 0.320 e. The second kappa shape index (κ2) is 6.61. The monoisotopic (exact) mass is 305 g/mol. The zero-order valence-electron chi connectivity index (χ0n) is 11.5. The molecule has 5 heteroatoms. The van der Waals surface area contributed by atoms with Crippen molar-refractivity contribution in [2.75, 3.05) is 7.11 Å². The fraction of sp³-hybridized carbons (Fsp3) is 0.188. The molecule has 110 valence electrons. The molecule has 0 amide bonds. The van der Waals surface area contributed by atoms with Crippen LogP contribution in [0.5, 0.6) is 5.75 Å². The van der Waals surface area contributed by atoms with Crippen molar-refractivity contribution in [3.8, 4) is 16.9 Å². The third kappa shape index (κ3) is 3.54. The molecule has 1 atom stereocenters. The number of nitrogens with two attached hydrogens (primary N) is 1. The first kappa shape index (κ1) is 15.4. The van der Waals surface area contributed by atoms with Gasteiger partial charge >= 0.3 is 5.97 Å². The second-order valence-electron chi connectivity index (χ2n) is 4.66. The lowest BCUT2D eigenvalue weighted by atomic mass is 10.00. The summed E-state index contributed by atoms with van der Waals surface area (Å²) in [5.74, 6) is -0.315. The molecule has 4 nitrogen and oxygen atoms in total. The van der Waals surface area contributed by atoms with Crippen molar-refractivity contribution < 1.29 is 14.6 Å². The van der Waals surface area contributed by atoms with E-state index in [0.717, 1.165) is 16.7 Å². The molecule has 21 heavy (non-hydrogen) atoms. The summed E-state index contributed by atoms with van der Waals surface area (Å²) in [5, 5.41) is 9.42. The lowest BCUT2D eigenvalue weighted by molar-refractivity contribution is -0.138. The minimum Gasteiger partial charge on any atom is -0.496 e. The van der Waals surface area contributed by atoms with Gasteiger partial charge in [-0.2, -0.15) is 0 Å². The largest absolute Gasteiger partial charge is 0.496 e. The summed E-state index contributed by atoms with van der Waals surface area (Å²) in [5.41, 5.74) is 8.11. The Morgan fingerprint density at radius 1 is 1.29 bits per heavy atom. The third-order valence-corrected chi connectivity index (χ3v) is 3.53. The maximum Gasteiger partial charge on any atom is 0.320 e. The van der Waals surface area contributed by atoms with E-state index in [-0.39, 0.29) is 6.42 Å². The number of rotatable bonds is 5. The Bertz CT molecular complexity index is 640. The highest BCUT2D eigenvalue weighted by atomic mass is 35.5. The van der Waals surface area contributed by atoms with Gasteiger partial charge in [0.05, 0.1) is 12.1 Å². The van der Waals surface area contributed by atoms with E-state index < -0.39 is 12.0 Å². The fourth-order valence-corrected chi connectivity index (χ4v) is 2.38. The molecule has 0 aliphatic rings. The van der Waals surface area contributed by atoms with Gasteiger partial charge in [-0.1, -0.05) is 41.9 Å². The van der Waals surface area contributed by atoms with Crippen LogP contribution in [0.4, 0.5) is 0 Å². The molecular formula is C16H16ClNO3. The van der Waals surface area contributed by atoms with Crippen LogP contribution < -0.4 is 10.5 Å². The van der Waals surface area contributed by atoms with E-state index in [4.69, 9.17) is 27.2 Å². The minimum absolute atomic E-state index is 0.287. The number of halogens is 1. The predicted octanol–water partition coefficient (Wildman–Crippen LogP) is 2.97. The summed E-state index contributed by atoms with van der Waals surface area (Å²) in [4.78, 5) is 10.8. The van der Waals surface area contributed by atoms with E-state index in [1.807, 2.05) is 36.4 Å². The number of hydrogen-bond donors (Lipinski definition) is 2. The SMILES string of the molecule is COc1cccc(Cl)c1-c1ccc(CC(N)C(=O)O)cc1. The van der Waals surface area contributed by atoms with Crippen LogP contribution in [-0.4, -0.2) is 24.2 Å². The molecule has 2 rings (SSSR count). The Balaban J connectivity index is 2.29. The second-order valence-corrected chi connectivity index (χ2v) is 5.07. The van der Waals surface area contributed by atoms with Gasteiger partial charge < -0.3 is 15.6 Å². The van der Waals surface area contributed by atoms with Crippen molar-refractivity contribution in [1.29, 1.82) is 0 Å². The standard InChI is InChI=1S/C16H16ClNO3/c1-21-14-4-2-3-12(17)15(14)11-7-5-10(6-8-11)9-13(18)16(19)20/h2-8,13H,9,18H2,1H3,(H,19,20). The lowest BCUT2D eigenvalue weighted by Crippen LogP contribution is -2.32. The molecule has 0 radical (unpaired) electrons. The molecular weight excluding hydrogens is 290 g/mol. The van der Waals surface area contributed by atoms with Crippen LogP contribution in [-0.2, 0) is 11.2 Å². The Labute approximate surface area is 128 Å². The topological polar surface area (TPSA) is 72.5 Å². The average molecular weight is 306 g/mol. The quantitative estimate of drug-likeness (QED) is 0.890. The number of carbonyl (C=O) groups is 1. The molecule has 0 bridgehead atoms. The van der Waals surface area contributed by atoms with Gasteiger partial charge in [-0.15, -0.1) is 0 Å². The summed E-state index contributed by atoms with van der Waals surface area (Å²) < 4.78 is 5.32. The average Bonchev–Trinajstić information content (AvgIpc) is 2.47. The molecule has 3 N–H and O–H groups in total. The van der Waals surface area contributed by atoms with Crippen LogP contribution >= 0.6 is 11.6 Å². The van der Waals surface area contributed by atoms with E-state index in [1.165, 1.54) is 0 Å². The lowest BCUT2D eigenvalue weighted by Gasteiger charge is -2.12. The van der Waals surface area contributed by atoms with Crippen molar-refractivity contribution in [3.05, 3.63) is 53.1 Å². The first-order valence-corrected chi connectivity index (χ1v) is 6.81. The normalized spacial score (nSPS) is 12.0. The van der Waals surface area contributed by atoms with Crippen molar-refractivity contribution in [1.82, 2.24) is 0 Å². The van der Waals surface area contributed by atoms with Crippen LogP contribution in [0.25, 0.3) is 11.1 Å². The van der Waals surface area contributed by atoms with Crippen LogP contribution in [0.2, 0.25) is 5.02 Å². The molecule has 0 saturated heterocycles. The molecule has 0 heterocycles. The predicted molar refractivity (Wildman–Crippen MR) is 82.8 cm³/mol. The van der Waals surface area contributed by atoms with Crippen LogP contribution in [0.3, 0.4) is 0 Å². The first-order valence-electron chi connectivity index (χ1n) is 6.43. The first-order chi connectivity index (χ1) is 10.0. The van der Waals surface area contributed by atoms with Gasteiger partial charge in [0.1, 0.15) is 11.8 Å². The number of carboxylic acid groups (broad SMARTS) is 1. The zero-order valence-corrected chi connectivity index (χ0v) is 12.3. The molecule has 2 aromatic rings. The summed E-state index contributed by atoms with van der Waals surface area (Å²) in [6.45, 7) is 0. The Morgan fingerprint density at radius 3 is 2.52 bits per heavy atom. The number of carboxylic acids is 1. The number of hydrogen-bond acceptors (Lipinski definition) is 3. The minimum atomic E-state index is -1.01. The number of aliphatic carboxylic acids is 1. The summed E-state index contributed by atoms with van der Waals surface area (Å²) >= 11 is 6.23. The fourth-order valence-electron chi connectivity index (χ4n) is 2.10. The van der Waals surface area contributed by atoms with Gasteiger partial charge in [0.15, 0.2) is 0 Å². The summed E-state index contributed by atoms with van der Waals surface area (Å²) in [6.07, 6.45) is 0.287. The van der Waals surface area contributed by atoms with E-state index in [9.17, 15) is 4.79 Å². The third-order valence-electron chi connectivity index (χ3n) is 3.21. The number of methoxy groups -OCH3 is 1. The van der Waals surface area contributed by atoms with Crippen LogP contribution in [0.15, 0.2) is 42.5 Å². The highest BCUT2D eigenvalue weighted by Crippen LogP contribution is 2.36. The van der Waals surface area contributed by atoms with Crippen molar-refractivity contribution >= 4 is 17.6 Å². The molecule has 0 aromatic heterocycles. The number of ether oxygens (including phenoxy) is 1. The molecule has 1 unspecified atom stereocenters. The van der Waals surface area contributed by atoms with E-state index in [1.54, 1.807) is 13.2 Å². The van der Waals surface area contributed by atoms with E-state index >= 15 is 0 Å². The maximum atomic E-state index is 10.8. The molecule has 0 saturated carbocycles. The molecule has 0 aliphatic carbocycles. The van der Waals surface area contributed by atoms with Crippen molar-refractivity contribution in [2.24, 2.45) is 5.73 Å². The van der Waals surface area contributed by atoms with Gasteiger partial charge in [-0.3, -0.25) is 4.79 Å². The highest BCUT2D eigenvalue weighted by Gasteiger charge is 2.13. The van der Waals surface area contributed by atoms with E-state index in [2.05, 4.69) is 0 Å². The van der Waals surface area contributed by atoms with Gasteiger partial charge in [0.25, 0.3) is 0 Å². The maximum absolute atomic E-state index is 10.8. The van der Waals surface area contributed by atoms with Gasteiger partial charge in [0.2, 0.25) is 0 Å². The van der Waals surface area contributed by atoms with Gasteiger partial charge in [-0.25, -0.2) is 0 Å². The Kier molecular flexibility index (Phi) is 4.83. The molecule has 0 fully saturated rings. The van der Waals surface area contributed by atoms with Crippen molar-refractivity contribution in [2.45, 2.75) is 12.5 Å². The summed E-state index contributed by atoms with van der Waals surface area (Å²) in [7, 11) is 1.59. The van der Waals surface area contributed by atoms with E-state index in [0.29, 0.717) is 10.8 Å². The summed E-state index contributed by atoms with van der Waals surface area (Å²) in [6, 6.07) is 12.0. The number of benzene rings is 2.